The molecule has 1 unspecified atom stereocenters. The van der Waals surface area contributed by atoms with Gasteiger partial charge in [0.15, 0.2) is 0 Å². The van der Waals surface area contributed by atoms with Crippen LogP contribution in [-0.4, -0.2) is 24.0 Å². The maximum Gasteiger partial charge on any atom is 0.123 e. The van der Waals surface area contributed by atoms with E-state index in [1.165, 1.54) is 0 Å². The molecule has 0 radical (unpaired) electrons. The summed E-state index contributed by atoms with van der Waals surface area (Å²) in [6, 6.07) is 5.51. The van der Waals surface area contributed by atoms with E-state index in [9.17, 15) is 0 Å². The number of methoxy groups -OCH3 is 2. The zero-order valence-electron chi connectivity index (χ0n) is 12.2. The predicted molar refractivity (Wildman–Crippen MR) is 78.1 cm³/mol. The second-order valence-electron chi connectivity index (χ2n) is 4.62. The van der Waals surface area contributed by atoms with Gasteiger partial charge in [0.05, 0.1) is 20.4 Å². The van der Waals surface area contributed by atoms with Crippen molar-refractivity contribution in [1.29, 1.82) is 0 Å². The van der Waals surface area contributed by atoms with Crippen LogP contribution in [0.3, 0.4) is 0 Å². The minimum Gasteiger partial charge on any atom is -0.497 e. The van der Waals surface area contributed by atoms with Crippen molar-refractivity contribution in [3.63, 3.8) is 0 Å². The Hall–Kier alpha value is -2.01. The third-order valence-electron chi connectivity index (χ3n) is 3.30. The van der Waals surface area contributed by atoms with Gasteiger partial charge in [0.2, 0.25) is 0 Å². The first kappa shape index (κ1) is 14.4. The molecular weight excluding hydrogens is 254 g/mol. The topological polar surface area (TPSA) is 62.3 Å². The molecule has 1 aromatic heterocycles. The molecule has 0 saturated heterocycles. The number of hydrogen-bond donors (Lipinski definition) is 1. The molecule has 5 nitrogen and oxygen atoms in total. The van der Waals surface area contributed by atoms with Gasteiger partial charge in [-0.05, 0) is 37.1 Å². The maximum atomic E-state index is 6.31. The van der Waals surface area contributed by atoms with Crippen LogP contribution < -0.4 is 15.2 Å². The van der Waals surface area contributed by atoms with Crippen molar-refractivity contribution in [1.82, 2.24) is 9.78 Å². The number of benzene rings is 1. The first-order valence-electron chi connectivity index (χ1n) is 6.66. The van der Waals surface area contributed by atoms with Gasteiger partial charge in [-0.1, -0.05) is 0 Å². The first-order valence-corrected chi connectivity index (χ1v) is 6.66. The Kier molecular flexibility index (Phi) is 4.63. The smallest absolute Gasteiger partial charge is 0.123 e. The standard InChI is InChI=1S/C15H21N3O2/c1-4-18-10-11(9-17-18)7-14(16)13-8-12(19-2)5-6-15(13)20-3/h5-6,8-10,14H,4,7,16H2,1-3H3. The summed E-state index contributed by atoms with van der Waals surface area (Å²) in [7, 11) is 3.29. The van der Waals surface area contributed by atoms with Crippen LogP contribution in [-0.2, 0) is 13.0 Å². The molecule has 2 N–H and O–H groups in total. The minimum atomic E-state index is -0.158. The predicted octanol–water partition coefficient (Wildman–Crippen LogP) is 2.16. The van der Waals surface area contributed by atoms with Gasteiger partial charge < -0.3 is 15.2 Å². The lowest BCUT2D eigenvalue weighted by Crippen LogP contribution is -2.14. The summed E-state index contributed by atoms with van der Waals surface area (Å²) in [5.41, 5.74) is 8.36. The van der Waals surface area contributed by atoms with Gasteiger partial charge in [-0.2, -0.15) is 5.10 Å². The molecule has 1 heterocycles. The zero-order valence-corrected chi connectivity index (χ0v) is 12.2. The van der Waals surface area contributed by atoms with Crippen molar-refractivity contribution < 1.29 is 9.47 Å². The van der Waals surface area contributed by atoms with Gasteiger partial charge in [-0.3, -0.25) is 4.68 Å². The Bertz CT molecular complexity index is 566. The zero-order chi connectivity index (χ0) is 14.5. The van der Waals surface area contributed by atoms with Crippen LogP contribution in [0.25, 0.3) is 0 Å². The van der Waals surface area contributed by atoms with Crippen molar-refractivity contribution in [2.75, 3.05) is 14.2 Å². The number of hydrogen-bond acceptors (Lipinski definition) is 4. The van der Waals surface area contributed by atoms with Crippen LogP contribution in [0.5, 0.6) is 11.5 Å². The largest absolute Gasteiger partial charge is 0.497 e. The maximum absolute atomic E-state index is 6.31. The molecule has 5 heteroatoms. The summed E-state index contributed by atoms with van der Waals surface area (Å²) >= 11 is 0. The average molecular weight is 275 g/mol. The van der Waals surface area contributed by atoms with Gasteiger partial charge in [0.25, 0.3) is 0 Å². The molecule has 0 bridgehead atoms. The second kappa shape index (κ2) is 6.43. The van der Waals surface area contributed by atoms with Gasteiger partial charge in [0.1, 0.15) is 11.5 Å². The molecule has 0 saturated carbocycles. The van der Waals surface area contributed by atoms with Crippen LogP contribution in [0.4, 0.5) is 0 Å². The molecule has 0 amide bonds. The van der Waals surface area contributed by atoms with Gasteiger partial charge in [0, 0.05) is 24.3 Å². The summed E-state index contributed by atoms with van der Waals surface area (Å²) in [5.74, 6) is 1.56. The molecule has 1 atom stereocenters. The summed E-state index contributed by atoms with van der Waals surface area (Å²) in [6.45, 7) is 2.92. The molecule has 0 spiro atoms. The number of aromatic nitrogens is 2. The molecule has 108 valence electrons. The Labute approximate surface area is 119 Å². The number of nitrogens with zero attached hydrogens (tertiary/aromatic N) is 2. The average Bonchev–Trinajstić information content (AvgIpc) is 2.94. The molecule has 0 aliphatic rings. The van der Waals surface area contributed by atoms with E-state index in [4.69, 9.17) is 15.2 Å². The highest BCUT2D eigenvalue weighted by atomic mass is 16.5. The SMILES string of the molecule is CCn1cc(CC(N)c2cc(OC)ccc2OC)cn1. The number of aryl methyl sites for hydroxylation is 1. The van der Waals surface area contributed by atoms with Crippen molar-refractivity contribution in [3.8, 4) is 11.5 Å². The van der Waals surface area contributed by atoms with Crippen LogP contribution in [0.1, 0.15) is 24.1 Å². The molecular formula is C15H21N3O2. The lowest BCUT2D eigenvalue weighted by Gasteiger charge is -2.16. The molecule has 0 fully saturated rings. The summed E-state index contributed by atoms with van der Waals surface area (Å²) in [5, 5.41) is 4.26. The quantitative estimate of drug-likeness (QED) is 0.877. The Morgan fingerprint density at radius 2 is 2.10 bits per heavy atom. The third-order valence-corrected chi connectivity index (χ3v) is 3.30. The van der Waals surface area contributed by atoms with Crippen LogP contribution in [0.2, 0.25) is 0 Å². The normalized spacial score (nSPS) is 12.2. The lowest BCUT2D eigenvalue weighted by atomic mass is 10.0. The van der Waals surface area contributed by atoms with E-state index in [1.807, 2.05) is 35.3 Å². The van der Waals surface area contributed by atoms with Crippen molar-refractivity contribution >= 4 is 0 Å². The number of ether oxygens (including phenoxy) is 2. The van der Waals surface area contributed by atoms with Crippen molar-refractivity contribution in [2.24, 2.45) is 5.73 Å². The molecule has 2 aromatic rings. The van der Waals surface area contributed by atoms with Gasteiger partial charge in [-0.25, -0.2) is 0 Å². The van der Waals surface area contributed by atoms with Gasteiger partial charge >= 0.3 is 0 Å². The Morgan fingerprint density at radius 1 is 1.30 bits per heavy atom. The molecule has 1 aromatic carbocycles. The Morgan fingerprint density at radius 3 is 2.70 bits per heavy atom. The van der Waals surface area contributed by atoms with E-state index in [2.05, 4.69) is 12.0 Å². The number of rotatable bonds is 6. The van der Waals surface area contributed by atoms with Crippen molar-refractivity contribution in [2.45, 2.75) is 25.9 Å². The van der Waals surface area contributed by atoms with E-state index in [0.29, 0.717) is 6.42 Å². The van der Waals surface area contributed by atoms with Crippen LogP contribution in [0, 0.1) is 0 Å². The summed E-state index contributed by atoms with van der Waals surface area (Å²) in [6.07, 6.45) is 4.59. The number of nitrogens with two attached hydrogens (primary N) is 1. The fraction of sp³-hybridized carbons (Fsp3) is 0.400. The highest BCUT2D eigenvalue weighted by Gasteiger charge is 2.14. The summed E-state index contributed by atoms with van der Waals surface area (Å²) < 4.78 is 12.5. The molecule has 2 rings (SSSR count). The minimum absolute atomic E-state index is 0.158. The lowest BCUT2D eigenvalue weighted by molar-refractivity contribution is 0.395. The first-order chi connectivity index (χ1) is 9.67. The second-order valence-corrected chi connectivity index (χ2v) is 4.62. The third kappa shape index (κ3) is 3.11. The molecule has 20 heavy (non-hydrogen) atoms. The van der Waals surface area contributed by atoms with Crippen LogP contribution >= 0.6 is 0 Å². The van der Waals surface area contributed by atoms with E-state index >= 15 is 0 Å². The van der Waals surface area contributed by atoms with Crippen LogP contribution in [0.15, 0.2) is 30.6 Å². The highest BCUT2D eigenvalue weighted by molar-refractivity contribution is 5.42. The van der Waals surface area contributed by atoms with E-state index < -0.39 is 0 Å². The molecule has 0 aliphatic carbocycles. The summed E-state index contributed by atoms with van der Waals surface area (Å²) in [4.78, 5) is 0. The van der Waals surface area contributed by atoms with E-state index in [0.717, 1.165) is 29.2 Å². The highest BCUT2D eigenvalue weighted by Crippen LogP contribution is 2.29. The van der Waals surface area contributed by atoms with Gasteiger partial charge in [-0.15, -0.1) is 0 Å². The molecule has 0 aliphatic heterocycles. The van der Waals surface area contributed by atoms with Crippen molar-refractivity contribution in [3.05, 3.63) is 41.7 Å². The van der Waals surface area contributed by atoms with E-state index in [1.54, 1.807) is 14.2 Å². The Balaban J connectivity index is 2.20. The monoisotopic (exact) mass is 275 g/mol. The fourth-order valence-electron chi connectivity index (χ4n) is 2.18. The van der Waals surface area contributed by atoms with E-state index in [-0.39, 0.29) is 6.04 Å². The fourth-order valence-corrected chi connectivity index (χ4v) is 2.18.